The number of rotatable bonds is 4. The maximum absolute atomic E-state index is 12.3. The zero-order valence-corrected chi connectivity index (χ0v) is 17.8. The zero-order chi connectivity index (χ0) is 19.5. The van der Waals surface area contributed by atoms with Gasteiger partial charge in [0.15, 0.2) is 0 Å². The summed E-state index contributed by atoms with van der Waals surface area (Å²) in [6.45, 7) is 15.4. The summed E-state index contributed by atoms with van der Waals surface area (Å²) in [5.41, 5.74) is 1.66. The minimum absolute atomic E-state index is 0.135. The summed E-state index contributed by atoms with van der Waals surface area (Å²) in [7, 11) is 0. The first-order valence-electron chi connectivity index (χ1n) is 9.36. The van der Waals surface area contributed by atoms with E-state index in [1.807, 2.05) is 4.90 Å². The number of amides is 1. The molecular formula is C21H33NO3S. The van der Waals surface area contributed by atoms with Crippen molar-refractivity contribution in [3.8, 4) is 5.75 Å². The van der Waals surface area contributed by atoms with E-state index < -0.39 is 0 Å². The average Bonchev–Trinajstić information content (AvgIpc) is 2.54. The Hall–Kier alpha value is -1.20. The van der Waals surface area contributed by atoms with Gasteiger partial charge in [0.25, 0.3) is 0 Å². The minimum atomic E-state index is -0.135. The van der Waals surface area contributed by atoms with E-state index in [-0.39, 0.29) is 16.7 Å². The van der Waals surface area contributed by atoms with Crippen LogP contribution in [0.4, 0.5) is 0 Å². The van der Waals surface area contributed by atoms with E-state index in [1.165, 1.54) is 0 Å². The highest BCUT2D eigenvalue weighted by Crippen LogP contribution is 2.41. The summed E-state index contributed by atoms with van der Waals surface area (Å²) in [5.74, 6) is 1.35. The van der Waals surface area contributed by atoms with Crippen LogP contribution < -0.4 is 0 Å². The molecule has 1 aliphatic heterocycles. The number of morpholine rings is 1. The molecule has 0 aliphatic carbocycles. The van der Waals surface area contributed by atoms with Crippen LogP contribution in [0.25, 0.3) is 0 Å². The van der Waals surface area contributed by atoms with Crippen LogP contribution in [0.15, 0.2) is 17.0 Å². The molecule has 0 atom stereocenters. The molecule has 1 saturated heterocycles. The second-order valence-electron chi connectivity index (χ2n) is 8.96. The Morgan fingerprint density at radius 3 is 2.04 bits per heavy atom. The first-order chi connectivity index (χ1) is 12.0. The smallest absolute Gasteiger partial charge is 0.223 e. The Morgan fingerprint density at radius 1 is 1.08 bits per heavy atom. The second-order valence-corrected chi connectivity index (χ2v) is 10.1. The number of ether oxygens (including phenoxy) is 1. The molecule has 1 aromatic carbocycles. The van der Waals surface area contributed by atoms with Crippen LogP contribution in [0.5, 0.6) is 5.75 Å². The molecule has 0 spiro atoms. The summed E-state index contributed by atoms with van der Waals surface area (Å²) in [6.07, 6.45) is 0.529. The van der Waals surface area contributed by atoms with Gasteiger partial charge >= 0.3 is 0 Å². The van der Waals surface area contributed by atoms with Gasteiger partial charge in [0, 0.05) is 41.3 Å². The molecule has 1 N–H and O–H groups in total. The van der Waals surface area contributed by atoms with Gasteiger partial charge in [-0.05, 0) is 23.0 Å². The highest BCUT2D eigenvalue weighted by atomic mass is 32.2. The van der Waals surface area contributed by atoms with Gasteiger partial charge in [-0.1, -0.05) is 41.5 Å². The van der Waals surface area contributed by atoms with E-state index in [0.717, 1.165) is 21.8 Å². The summed E-state index contributed by atoms with van der Waals surface area (Å²) >= 11 is 1.69. The molecule has 4 nitrogen and oxygen atoms in total. The molecule has 1 aromatic rings. The quantitative estimate of drug-likeness (QED) is 0.791. The number of hydrogen-bond acceptors (Lipinski definition) is 4. The van der Waals surface area contributed by atoms with Crippen molar-refractivity contribution < 1.29 is 14.6 Å². The average molecular weight is 380 g/mol. The lowest BCUT2D eigenvalue weighted by Gasteiger charge is -2.28. The van der Waals surface area contributed by atoms with E-state index >= 15 is 0 Å². The summed E-state index contributed by atoms with van der Waals surface area (Å²) in [5, 5.41) is 10.8. The van der Waals surface area contributed by atoms with Gasteiger partial charge in [-0.2, -0.15) is 0 Å². The monoisotopic (exact) mass is 379 g/mol. The molecule has 146 valence electrons. The van der Waals surface area contributed by atoms with Crippen LogP contribution in [0.1, 0.15) is 59.1 Å². The fraction of sp³-hybridized carbons (Fsp3) is 0.667. The molecule has 1 aliphatic rings. The number of benzene rings is 1. The topological polar surface area (TPSA) is 49.8 Å². The van der Waals surface area contributed by atoms with E-state index in [0.29, 0.717) is 38.5 Å². The molecule has 26 heavy (non-hydrogen) atoms. The van der Waals surface area contributed by atoms with Gasteiger partial charge in [0.2, 0.25) is 5.91 Å². The molecule has 0 saturated carbocycles. The van der Waals surface area contributed by atoms with E-state index in [4.69, 9.17) is 4.74 Å². The molecule has 2 rings (SSSR count). The van der Waals surface area contributed by atoms with Gasteiger partial charge in [-0.15, -0.1) is 11.8 Å². The normalized spacial score (nSPS) is 16.0. The second kappa shape index (κ2) is 8.22. The van der Waals surface area contributed by atoms with Crippen molar-refractivity contribution in [3.63, 3.8) is 0 Å². The number of phenolic OH excluding ortho intramolecular Hbond substituents is 1. The molecule has 0 unspecified atom stereocenters. The van der Waals surface area contributed by atoms with Crippen molar-refractivity contribution in [1.29, 1.82) is 0 Å². The van der Waals surface area contributed by atoms with Gasteiger partial charge in [0.05, 0.1) is 13.2 Å². The SMILES string of the molecule is CC(C)(C)c1cc(SCCC(=O)N2CCOCC2)cc(C(C)(C)C)c1O. The number of phenols is 1. The maximum Gasteiger partial charge on any atom is 0.223 e. The van der Waals surface area contributed by atoms with Gasteiger partial charge in [0.1, 0.15) is 5.75 Å². The standard InChI is InChI=1S/C21H33NO3S/c1-20(2,3)16-13-15(14-17(19(16)24)21(4,5)6)26-12-7-18(23)22-8-10-25-11-9-22/h13-14,24H,7-12H2,1-6H3. The third-order valence-corrected chi connectivity index (χ3v) is 5.63. The number of thioether (sulfide) groups is 1. The number of aromatic hydroxyl groups is 1. The summed E-state index contributed by atoms with van der Waals surface area (Å²) < 4.78 is 5.30. The number of hydrogen-bond donors (Lipinski definition) is 1. The first-order valence-corrected chi connectivity index (χ1v) is 10.3. The Kier molecular flexibility index (Phi) is 6.67. The van der Waals surface area contributed by atoms with Crippen molar-refractivity contribution in [3.05, 3.63) is 23.3 Å². The van der Waals surface area contributed by atoms with Gasteiger partial charge in [-0.25, -0.2) is 0 Å². The van der Waals surface area contributed by atoms with Crippen LogP contribution in [-0.2, 0) is 20.4 Å². The van der Waals surface area contributed by atoms with E-state index in [2.05, 4.69) is 53.7 Å². The lowest BCUT2D eigenvalue weighted by molar-refractivity contribution is -0.134. The van der Waals surface area contributed by atoms with Gasteiger partial charge in [-0.3, -0.25) is 4.79 Å². The fourth-order valence-electron chi connectivity index (χ4n) is 3.06. The molecule has 1 amide bonds. The van der Waals surface area contributed by atoms with Crippen molar-refractivity contribution in [2.45, 2.75) is 63.7 Å². The number of nitrogens with zero attached hydrogens (tertiary/aromatic N) is 1. The van der Waals surface area contributed by atoms with Crippen LogP contribution in [0, 0.1) is 0 Å². The van der Waals surface area contributed by atoms with Crippen LogP contribution in [-0.4, -0.2) is 48.0 Å². The number of carbonyl (C=O) groups is 1. The van der Waals surface area contributed by atoms with E-state index in [1.54, 1.807) is 11.8 Å². The third-order valence-electron chi connectivity index (χ3n) is 4.65. The zero-order valence-electron chi connectivity index (χ0n) is 17.0. The molecule has 0 bridgehead atoms. The summed E-state index contributed by atoms with van der Waals surface area (Å²) in [6, 6.07) is 4.16. The molecule has 0 aromatic heterocycles. The number of carbonyl (C=O) groups excluding carboxylic acids is 1. The third kappa shape index (κ3) is 5.40. The maximum atomic E-state index is 12.3. The summed E-state index contributed by atoms with van der Waals surface area (Å²) in [4.78, 5) is 15.3. The molecular weight excluding hydrogens is 346 g/mol. The van der Waals surface area contributed by atoms with Crippen molar-refractivity contribution in [2.24, 2.45) is 0 Å². The Balaban J connectivity index is 2.12. The molecule has 1 fully saturated rings. The van der Waals surface area contributed by atoms with Crippen molar-refractivity contribution in [2.75, 3.05) is 32.1 Å². The first kappa shape index (κ1) is 21.1. The predicted octanol–water partition coefficient (Wildman–Crippen LogP) is 4.33. The predicted molar refractivity (Wildman–Crippen MR) is 108 cm³/mol. The lowest BCUT2D eigenvalue weighted by atomic mass is 9.79. The van der Waals surface area contributed by atoms with Gasteiger partial charge < -0.3 is 14.7 Å². The van der Waals surface area contributed by atoms with Crippen LogP contribution >= 0.6 is 11.8 Å². The van der Waals surface area contributed by atoms with Crippen molar-refractivity contribution in [1.82, 2.24) is 4.90 Å². The van der Waals surface area contributed by atoms with Crippen LogP contribution in [0.3, 0.4) is 0 Å². The minimum Gasteiger partial charge on any atom is -0.507 e. The fourth-order valence-corrected chi connectivity index (χ4v) is 3.98. The largest absolute Gasteiger partial charge is 0.507 e. The lowest BCUT2D eigenvalue weighted by Crippen LogP contribution is -2.40. The van der Waals surface area contributed by atoms with Crippen molar-refractivity contribution >= 4 is 17.7 Å². The van der Waals surface area contributed by atoms with E-state index in [9.17, 15) is 9.90 Å². The molecule has 5 heteroatoms. The molecule has 1 heterocycles. The Labute approximate surface area is 162 Å². The highest BCUT2D eigenvalue weighted by Gasteiger charge is 2.26. The highest BCUT2D eigenvalue weighted by molar-refractivity contribution is 7.99. The Morgan fingerprint density at radius 2 is 1.58 bits per heavy atom. The molecule has 0 radical (unpaired) electrons. The Bertz CT molecular complexity index is 603. The van der Waals surface area contributed by atoms with Crippen LogP contribution in [0.2, 0.25) is 0 Å².